The van der Waals surface area contributed by atoms with E-state index in [-0.39, 0.29) is 5.69 Å². The van der Waals surface area contributed by atoms with Gasteiger partial charge in [-0.1, -0.05) is 6.07 Å². The van der Waals surface area contributed by atoms with Crippen molar-refractivity contribution in [3.63, 3.8) is 0 Å². The number of rotatable bonds is 2. The van der Waals surface area contributed by atoms with Crippen LogP contribution in [0.1, 0.15) is 18.2 Å². The lowest BCUT2D eigenvalue weighted by Crippen LogP contribution is -2.27. The van der Waals surface area contributed by atoms with Gasteiger partial charge in [-0.05, 0) is 32.4 Å². The maximum absolute atomic E-state index is 12.0. The normalized spacial score (nSPS) is 10.8. The molecule has 0 N–H and O–H groups in total. The van der Waals surface area contributed by atoms with Crippen molar-refractivity contribution in [3.8, 4) is 0 Å². The Hall–Kier alpha value is -1.91. The Labute approximate surface area is 99.7 Å². The number of pyridine rings is 1. The van der Waals surface area contributed by atoms with Crippen molar-refractivity contribution in [2.75, 3.05) is 18.5 Å². The molecule has 2 aromatic rings. The summed E-state index contributed by atoms with van der Waals surface area (Å²) >= 11 is 0. The molecule has 0 spiro atoms. The molecule has 0 aromatic carbocycles. The lowest BCUT2D eigenvalue weighted by atomic mass is 10.2. The van der Waals surface area contributed by atoms with Crippen molar-refractivity contribution in [2.45, 2.75) is 20.8 Å². The van der Waals surface area contributed by atoms with Crippen LogP contribution in [0.5, 0.6) is 0 Å². The standard InChI is InChI=1S/C12H16N4O/c1-5-15(4)11-13-10-7-6-8(2)9(3)16(10)12(17)14-11/h6-7H,5H2,1-4H3. The fraction of sp³-hybridized carbons (Fsp3) is 0.417. The molecule has 0 saturated heterocycles. The third-order valence-electron chi connectivity index (χ3n) is 3.03. The van der Waals surface area contributed by atoms with Gasteiger partial charge in [0.25, 0.3) is 0 Å². The first-order valence-electron chi connectivity index (χ1n) is 5.62. The summed E-state index contributed by atoms with van der Waals surface area (Å²) in [5.74, 6) is 0.473. The summed E-state index contributed by atoms with van der Waals surface area (Å²) in [7, 11) is 1.87. The van der Waals surface area contributed by atoms with E-state index in [1.54, 1.807) is 4.40 Å². The van der Waals surface area contributed by atoms with E-state index in [1.165, 1.54) is 0 Å². The van der Waals surface area contributed by atoms with Crippen molar-refractivity contribution < 1.29 is 0 Å². The number of hydrogen-bond donors (Lipinski definition) is 0. The Morgan fingerprint density at radius 2 is 2.00 bits per heavy atom. The molecule has 0 radical (unpaired) electrons. The molecule has 0 saturated carbocycles. The highest BCUT2D eigenvalue weighted by Gasteiger charge is 2.09. The van der Waals surface area contributed by atoms with Gasteiger partial charge in [0.05, 0.1) is 0 Å². The summed E-state index contributed by atoms with van der Waals surface area (Å²) in [5, 5.41) is 0. The second-order valence-corrected chi connectivity index (χ2v) is 4.12. The molecule has 0 aliphatic heterocycles. The molecule has 0 amide bonds. The first kappa shape index (κ1) is 11.6. The maximum Gasteiger partial charge on any atom is 0.356 e. The summed E-state index contributed by atoms with van der Waals surface area (Å²) in [6, 6.07) is 3.81. The van der Waals surface area contributed by atoms with Gasteiger partial charge < -0.3 is 4.90 Å². The number of aryl methyl sites for hydroxylation is 2. The van der Waals surface area contributed by atoms with E-state index in [4.69, 9.17) is 0 Å². The third-order valence-corrected chi connectivity index (χ3v) is 3.03. The zero-order chi connectivity index (χ0) is 12.6. The molecule has 5 heteroatoms. The minimum Gasteiger partial charge on any atom is -0.344 e. The van der Waals surface area contributed by atoms with E-state index < -0.39 is 0 Å². The van der Waals surface area contributed by atoms with E-state index in [0.29, 0.717) is 11.6 Å². The summed E-state index contributed by atoms with van der Waals surface area (Å²) < 4.78 is 1.54. The maximum atomic E-state index is 12.0. The van der Waals surface area contributed by atoms with Crippen molar-refractivity contribution in [1.82, 2.24) is 14.4 Å². The Bertz CT molecular complexity index is 618. The molecule has 0 aliphatic carbocycles. The Kier molecular flexibility index (Phi) is 2.83. The van der Waals surface area contributed by atoms with Crippen LogP contribution in [0.3, 0.4) is 0 Å². The van der Waals surface area contributed by atoms with Gasteiger partial charge in [0.1, 0.15) is 5.65 Å². The van der Waals surface area contributed by atoms with E-state index in [0.717, 1.165) is 17.8 Å². The minimum absolute atomic E-state index is 0.272. The van der Waals surface area contributed by atoms with Gasteiger partial charge in [-0.25, -0.2) is 9.20 Å². The van der Waals surface area contributed by atoms with Crippen LogP contribution in [0.15, 0.2) is 16.9 Å². The van der Waals surface area contributed by atoms with Gasteiger partial charge in [0.15, 0.2) is 0 Å². The fourth-order valence-electron chi connectivity index (χ4n) is 1.65. The highest BCUT2D eigenvalue weighted by Crippen LogP contribution is 2.10. The average molecular weight is 232 g/mol. The molecular weight excluding hydrogens is 216 g/mol. The second kappa shape index (κ2) is 4.16. The largest absolute Gasteiger partial charge is 0.356 e. The van der Waals surface area contributed by atoms with Crippen molar-refractivity contribution in [1.29, 1.82) is 0 Å². The van der Waals surface area contributed by atoms with Crippen LogP contribution in [-0.2, 0) is 0 Å². The van der Waals surface area contributed by atoms with E-state index in [1.807, 2.05) is 44.9 Å². The average Bonchev–Trinajstić information content (AvgIpc) is 2.32. The van der Waals surface area contributed by atoms with E-state index in [9.17, 15) is 4.79 Å². The first-order chi connectivity index (χ1) is 8.04. The lowest BCUT2D eigenvalue weighted by molar-refractivity contribution is 0.841. The molecule has 2 heterocycles. The van der Waals surface area contributed by atoms with Crippen LogP contribution in [0.2, 0.25) is 0 Å². The van der Waals surface area contributed by atoms with Crippen molar-refractivity contribution in [2.24, 2.45) is 0 Å². The summed E-state index contributed by atoms with van der Waals surface area (Å²) in [6.45, 7) is 6.62. The quantitative estimate of drug-likeness (QED) is 0.779. The lowest BCUT2D eigenvalue weighted by Gasteiger charge is -2.15. The minimum atomic E-state index is -0.272. The van der Waals surface area contributed by atoms with Crippen LogP contribution >= 0.6 is 0 Å². The van der Waals surface area contributed by atoms with E-state index >= 15 is 0 Å². The van der Waals surface area contributed by atoms with Gasteiger partial charge >= 0.3 is 5.69 Å². The van der Waals surface area contributed by atoms with E-state index in [2.05, 4.69) is 9.97 Å². The van der Waals surface area contributed by atoms with Crippen molar-refractivity contribution >= 4 is 11.6 Å². The second-order valence-electron chi connectivity index (χ2n) is 4.12. The third kappa shape index (κ3) is 1.88. The molecule has 0 atom stereocenters. The number of nitrogens with zero attached hydrogens (tertiary/aromatic N) is 4. The summed E-state index contributed by atoms with van der Waals surface area (Å²) in [6.07, 6.45) is 0. The Balaban J connectivity index is 2.77. The summed E-state index contributed by atoms with van der Waals surface area (Å²) in [5.41, 5.74) is 2.31. The highest BCUT2D eigenvalue weighted by atomic mass is 16.1. The molecule has 0 unspecified atom stereocenters. The molecule has 0 fully saturated rings. The van der Waals surface area contributed by atoms with Crippen LogP contribution in [0.4, 0.5) is 5.95 Å². The van der Waals surface area contributed by atoms with Crippen LogP contribution in [-0.4, -0.2) is 28.0 Å². The first-order valence-corrected chi connectivity index (χ1v) is 5.62. The smallest absolute Gasteiger partial charge is 0.344 e. The molecule has 90 valence electrons. The monoisotopic (exact) mass is 232 g/mol. The van der Waals surface area contributed by atoms with Gasteiger partial charge in [0, 0.05) is 19.3 Å². The zero-order valence-corrected chi connectivity index (χ0v) is 10.6. The molecule has 5 nitrogen and oxygen atoms in total. The fourth-order valence-corrected chi connectivity index (χ4v) is 1.65. The molecular formula is C12H16N4O. The number of aromatic nitrogens is 3. The molecule has 2 rings (SSSR count). The van der Waals surface area contributed by atoms with Crippen LogP contribution < -0.4 is 10.6 Å². The number of hydrogen-bond acceptors (Lipinski definition) is 4. The predicted octanol–water partition coefficient (Wildman–Crippen LogP) is 1.16. The predicted molar refractivity (Wildman–Crippen MR) is 67.7 cm³/mol. The van der Waals surface area contributed by atoms with Crippen LogP contribution in [0, 0.1) is 13.8 Å². The Morgan fingerprint density at radius 1 is 1.29 bits per heavy atom. The molecule has 17 heavy (non-hydrogen) atoms. The van der Waals surface area contributed by atoms with Gasteiger partial charge in [-0.15, -0.1) is 0 Å². The topological polar surface area (TPSA) is 50.5 Å². The molecule has 2 aromatic heterocycles. The van der Waals surface area contributed by atoms with Crippen molar-refractivity contribution in [3.05, 3.63) is 33.9 Å². The molecule has 0 aliphatic rings. The summed E-state index contributed by atoms with van der Waals surface area (Å²) in [4.78, 5) is 22.2. The zero-order valence-electron chi connectivity index (χ0n) is 10.6. The number of fused-ring (bicyclic) bond motifs is 1. The Morgan fingerprint density at radius 3 is 2.65 bits per heavy atom. The number of anilines is 1. The van der Waals surface area contributed by atoms with Gasteiger partial charge in [-0.2, -0.15) is 9.97 Å². The molecule has 0 bridgehead atoms. The highest BCUT2D eigenvalue weighted by molar-refractivity contribution is 5.46. The van der Waals surface area contributed by atoms with Gasteiger partial charge in [-0.3, -0.25) is 0 Å². The van der Waals surface area contributed by atoms with Gasteiger partial charge in [0.2, 0.25) is 5.95 Å². The SMILES string of the molecule is CCN(C)c1nc(=O)n2c(C)c(C)ccc2n1. The van der Waals surface area contributed by atoms with Crippen LogP contribution in [0.25, 0.3) is 5.65 Å².